The molecule has 3 heterocycles. The second-order valence-electron chi connectivity index (χ2n) is 7.95. The average molecular weight is 353 g/mol. The molecular formula is C21H24FN3O. The first kappa shape index (κ1) is 17.0. The number of rotatable bonds is 2. The third-order valence-electron chi connectivity index (χ3n) is 5.70. The number of halogens is 1. The Kier molecular flexibility index (Phi) is 4.17. The number of anilines is 1. The first-order chi connectivity index (χ1) is 12.5. The van der Waals surface area contributed by atoms with Gasteiger partial charge in [-0.05, 0) is 62.9 Å². The number of aromatic nitrogens is 1. The Morgan fingerprint density at radius 1 is 1.23 bits per heavy atom. The van der Waals surface area contributed by atoms with Gasteiger partial charge in [-0.15, -0.1) is 0 Å². The van der Waals surface area contributed by atoms with Gasteiger partial charge in [0.25, 0.3) is 5.91 Å². The van der Waals surface area contributed by atoms with Gasteiger partial charge in [0.1, 0.15) is 11.5 Å². The quantitative estimate of drug-likeness (QED) is 0.825. The molecule has 2 saturated heterocycles. The molecule has 2 atom stereocenters. The lowest BCUT2D eigenvalue weighted by molar-refractivity contribution is 0.0661. The van der Waals surface area contributed by atoms with Crippen LogP contribution in [0.2, 0.25) is 0 Å². The summed E-state index contributed by atoms with van der Waals surface area (Å²) in [5, 5.41) is 0. The zero-order chi connectivity index (χ0) is 18.3. The van der Waals surface area contributed by atoms with E-state index in [9.17, 15) is 9.18 Å². The van der Waals surface area contributed by atoms with E-state index in [4.69, 9.17) is 0 Å². The smallest absolute Gasteiger partial charge is 0.272 e. The summed E-state index contributed by atoms with van der Waals surface area (Å²) < 4.78 is 13.8. The largest absolute Gasteiger partial charge is 0.363 e. The van der Waals surface area contributed by atoms with E-state index in [1.165, 1.54) is 6.07 Å². The predicted octanol–water partition coefficient (Wildman–Crippen LogP) is 3.74. The van der Waals surface area contributed by atoms with Gasteiger partial charge >= 0.3 is 0 Å². The number of amides is 1. The Morgan fingerprint density at radius 3 is 2.81 bits per heavy atom. The number of hydrogen-bond donors (Lipinski definition) is 0. The van der Waals surface area contributed by atoms with Crippen molar-refractivity contribution in [2.45, 2.75) is 38.3 Å². The highest BCUT2D eigenvalue weighted by atomic mass is 19.1. The lowest BCUT2D eigenvalue weighted by Gasteiger charge is -2.41. The Balaban J connectivity index is 1.56. The van der Waals surface area contributed by atoms with Gasteiger partial charge in [-0.3, -0.25) is 9.78 Å². The summed E-state index contributed by atoms with van der Waals surface area (Å²) in [7, 11) is 0. The van der Waals surface area contributed by atoms with Gasteiger partial charge in [0.15, 0.2) is 0 Å². The fourth-order valence-corrected chi connectivity index (χ4v) is 4.75. The Hall–Kier alpha value is -2.43. The molecule has 1 aromatic heterocycles. The molecule has 2 aliphatic rings. The minimum absolute atomic E-state index is 0.00561. The molecule has 136 valence electrons. The van der Waals surface area contributed by atoms with Crippen molar-refractivity contribution in [2.75, 3.05) is 18.0 Å². The van der Waals surface area contributed by atoms with Crippen molar-refractivity contribution in [3.05, 3.63) is 60.2 Å². The second kappa shape index (κ2) is 6.38. The van der Waals surface area contributed by atoms with Gasteiger partial charge in [0, 0.05) is 36.6 Å². The number of hydrogen-bond acceptors (Lipinski definition) is 3. The Labute approximate surface area is 153 Å². The molecule has 5 heteroatoms. The van der Waals surface area contributed by atoms with Crippen LogP contribution in [0.3, 0.4) is 0 Å². The number of pyridine rings is 1. The van der Waals surface area contributed by atoms with Crippen molar-refractivity contribution in [3.8, 4) is 0 Å². The summed E-state index contributed by atoms with van der Waals surface area (Å²) in [6, 6.07) is 12.6. The van der Waals surface area contributed by atoms with Crippen LogP contribution in [-0.2, 0) is 0 Å². The van der Waals surface area contributed by atoms with Gasteiger partial charge in [-0.1, -0.05) is 12.1 Å². The number of benzene rings is 1. The number of likely N-dealkylation sites (tertiary alicyclic amines) is 1. The van der Waals surface area contributed by atoms with Crippen LogP contribution in [0.1, 0.15) is 37.2 Å². The molecule has 26 heavy (non-hydrogen) atoms. The first-order valence-corrected chi connectivity index (χ1v) is 9.21. The Morgan fingerprint density at radius 2 is 2.08 bits per heavy atom. The summed E-state index contributed by atoms with van der Waals surface area (Å²) >= 11 is 0. The molecule has 0 radical (unpaired) electrons. The van der Waals surface area contributed by atoms with Crippen molar-refractivity contribution in [3.63, 3.8) is 0 Å². The fraction of sp³-hybridized carbons (Fsp3) is 0.429. The minimum atomic E-state index is -0.204. The van der Waals surface area contributed by atoms with Crippen LogP contribution in [0.5, 0.6) is 0 Å². The maximum absolute atomic E-state index is 13.8. The van der Waals surface area contributed by atoms with Crippen molar-refractivity contribution in [1.82, 2.24) is 9.88 Å². The highest BCUT2D eigenvalue weighted by molar-refractivity contribution is 5.92. The number of fused-ring (bicyclic) bond motifs is 1. The van der Waals surface area contributed by atoms with E-state index >= 15 is 0 Å². The topological polar surface area (TPSA) is 36.4 Å². The monoisotopic (exact) mass is 353 g/mol. The molecule has 0 bridgehead atoms. The SMILES string of the molecule is CC1(C)C[C@@H]2CN(C(=O)c3ccccn3)CC[C@@H]2N1c1cccc(F)c1. The van der Waals surface area contributed by atoms with E-state index in [-0.39, 0.29) is 17.3 Å². The van der Waals surface area contributed by atoms with E-state index in [2.05, 4.69) is 23.7 Å². The van der Waals surface area contributed by atoms with E-state index in [1.54, 1.807) is 24.4 Å². The maximum Gasteiger partial charge on any atom is 0.272 e. The van der Waals surface area contributed by atoms with Crippen LogP contribution in [-0.4, -0.2) is 40.5 Å². The highest BCUT2D eigenvalue weighted by Gasteiger charge is 2.48. The van der Waals surface area contributed by atoms with Gasteiger partial charge in [0.05, 0.1) is 0 Å². The van der Waals surface area contributed by atoms with Crippen LogP contribution in [0.15, 0.2) is 48.7 Å². The normalized spacial score (nSPS) is 24.4. The lowest BCUT2D eigenvalue weighted by atomic mass is 9.89. The summed E-state index contributed by atoms with van der Waals surface area (Å²) in [5.41, 5.74) is 1.38. The van der Waals surface area contributed by atoms with E-state index < -0.39 is 0 Å². The standard InChI is InChI=1S/C21H24FN3O/c1-21(2)13-15-14-24(20(26)18-8-3-4-10-23-18)11-9-19(15)25(21)17-7-5-6-16(22)12-17/h3-8,10,12,15,19H,9,11,13-14H2,1-2H3/t15-,19+/m1/s1. The molecule has 2 aliphatic heterocycles. The number of carbonyl (C=O) groups excluding carboxylic acids is 1. The lowest BCUT2D eigenvalue weighted by Crippen LogP contribution is -2.50. The molecule has 2 fully saturated rings. The zero-order valence-electron chi connectivity index (χ0n) is 15.2. The third kappa shape index (κ3) is 2.96. The van der Waals surface area contributed by atoms with E-state index in [0.29, 0.717) is 24.2 Å². The van der Waals surface area contributed by atoms with Gasteiger partial charge in [-0.25, -0.2) is 4.39 Å². The van der Waals surface area contributed by atoms with Gasteiger partial charge < -0.3 is 9.80 Å². The molecular weight excluding hydrogens is 329 g/mol. The zero-order valence-corrected chi connectivity index (χ0v) is 15.2. The summed E-state index contributed by atoms with van der Waals surface area (Å²) in [6.07, 6.45) is 3.54. The molecule has 4 nitrogen and oxygen atoms in total. The summed E-state index contributed by atoms with van der Waals surface area (Å²) in [5.74, 6) is 0.185. The van der Waals surface area contributed by atoms with Crippen molar-refractivity contribution in [2.24, 2.45) is 5.92 Å². The summed E-state index contributed by atoms with van der Waals surface area (Å²) in [6.45, 7) is 5.86. The number of piperidine rings is 1. The average Bonchev–Trinajstić information content (AvgIpc) is 2.90. The van der Waals surface area contributed by atoms with Gasteiger partial charge in [0.2, 0.25) is 0 Å². The molecule has 2 aromatic rings. The molecule has 1 amide bonds. The second-order valence-corrected chi connectivity index (χ2v) is 7.95. The molecule has 0 spiro atoms. The third-order valence-corrected chi connectivity index (χ3v) is 5.70. The highest BCUT2D eigenvalue weighted by Crippen LogP contribution is 2.44. The fourth-order valence-electron chi connectivity index (χ4n) is 4.75. The molecule has 1 aromatic carbocycles. The molecule has 0 aliphatic carbocycles. The molecule has 0 unspecified atom stereocenters. The maximum atomic E-state index is 13.8. The van der Waals surface area contributed by atoms with Crippen molar-refractivity contribution < 1.29 is 9.18 Å². The van der Waals surface area contributed by atoms with Crippen LogP contribution >= 0.6 is 0 Å². The predicted molar refractivity (Wildman–Crippen MR) is 99.6 cm³/mol. The minimum Gasteiger partial charge on any atom is -0.363 e. The summed E-state index contributed by atoms with van der Waals surface area (Å²) in [4.78, 5) is 21.2. The van der Waals surface area contributed by atoms with Crippen molar-refractivity contribution >= 4 is 11.6 Å². The first-order valence-electron chi connectivity index (χ1n) is 9.21. The van der Waals surface area contributed by atoms with Crippen LogP contribution in [0.25, 0.3) is 0 Å². The number of nitrogens with zero attached hydrogens (tertiary/aromatic N) is 3. The van der Waals surface area contributed by atoms with E-state index in [0.717, 1.165) is 25.1 Å². The van der Waals surface area contributed by atoms with Crippen LogP contribution in [0.4, 0.5) is 10.1 Å². The van der Waals surface area contributed by atoms with Crippen LogP contribution in [0, 0.1) is 11.7 Å². The van der Waals surface area contributed by atoms with E-state index in [1.807, 2.05) is 23.1 Å². The van der Waals surface area contributed by atoms with Gasteiger partial charge in [-0.2, -0.15) is 0 Å². The Bertz CT molecular complexity index is 808. The molecule has 0 N–H and O–H groups in total. The van der Waals surface area contributed by atoms with Crippen molar-refractivity contribution in [1.29, 1.82) is 0 Å². The molecule has 0 saturated carbocycles. The van der Waals surface area contributed by atoms with Crippen LogP contribution < -0.4 is 4.90 Å². The number of carbonyl (C=O) groups is 1. The molecule has 4 rings (SSSR count).